The van der Waals surface area contributed by atoms with Gasteiger partial charge in [0.05, 0.1) is 10.6 Å². The molecular formula is C12H17NO3S. The molecule has 0 bridgehead atoms. The van der Waals surface area contributed by atoms with Gasteiger partial charge in [-0.25, -0.2) is 8.42 Å². The zero-order valence-electron chi connectivity index (χ0n) is 9.81. The summed E-state index contributed by atoms with van der Waals surface area (Å²) >= 11 is 0. The van der Waals surface area contributed by atoms with Gasteiger partial charge in [-0.2, -0.15) is 0 Å². The number of benzene rings is 1. The molecular weight excluding hydrogens is 238 g/mol. The van der Waals surface area contributed by atoms with E-state index in [1.54, 1.807) is 18.2 Å². The van der Waals surface area contributed by atoms with E-state index < -0.39 is 9.84 Å². The molecule has 0 fully saturated rings. The van der Waals surface area contributed by atoms with Gasteiger partial charge in [-0.05, 0) is 38.6 Å². The van der Waals surface area contributed by atoms with Crippen LogP contribution < -0.4 is 5.32 Å². The summed E-state index contributed by atoms with van der Waals surface area (Å²) in [5.41, 5.74) is 0.614. The summed E-state index contributed by atoms with van der Waals surface area (Å²) in [6.45, 7) is 0.861. The van der Waals surface area contributed by atoms with E-state index in [4.69, 9.17) is 0 Å². The molecule has 1 aliphatic rings. The number of phenols is 1. The Morgan fingerprint density at radius 3 is 2.94 bits per heavy atom. The molecule has 2 rings (SSSR count). The third kappa shape index (κ3) is 2.30. The molecule has 1 unspecified atom stereocenters. The molecule has 1 heterocycles. The highest BCUT2D eigenvalue weighted by molar-refractivity contribution is 7.91. The molecule has 1 aliphatic heterocycles. The summed E-state index contributed by atoms with van der Waals surface area (Å²) in [7, 11) is -1.32. The third-order valence-corrected chi connectivity index (χ3v) is 5.05. The van der Waals surface area contributed by atoms with Crippen LogP contribution in [0.15, 0.2) is 23.1 Å². The number of fused-ring (bicyclic) bond motifs is 1. The second-order valence-corrected chi connectivity index (χ2v) is 6.42. The van der Waals surface area contributed by atoms with E-state index in [9.17, 15) is 13.5 Å². The molecule has 0 saturated heterocycles. The van der Waals surface area contributed by atoms with E-state index in [1.165, 1.54) is 0 Å². The van der Waals surface area contributed by atoms with Gasteiger partial charge in [0.15, 0.2) is 9.84 Å². The number of rotatable bonds is 4. The summed E-state index contributed by atoms with van der Waals surface area (Å²) in [5, 5.41) is 12.8. The minimum atomic E-state index is -3.19. The first-order valence-electron chi connectivity index (χ1n) is 5.75. The van der Waals surface area contributed by atoms with Crippen LogP contribution in [0, 0.1) is 0 Å². The van der Waals surface area contributed by atoms with Gasteiger partial charge >= 0.3 is 0 Å². The Morgan fingerprint density at radius 1 is 1.47 bits per heavy atom. The first-order valence-corrected chi connectivity index (χ1v) is 7.40. The molecule has 0 radical (unpaired) electrons. The summed E-state index contributed by atoms with van der Waals surface area (Å²) in [6.07, 6.45) is 1.69. The zero-order chi connectivity index (χ0) is 12.5. The maximum absolute atomic E-state index is 11.9. The Morgan fingerprint density at radius 2 is 2.24 bits per heavy atom. The molecule has 4 nitrogen and oxygen atoms in total. The van der Waals surface area contributed by atoms with Crippen molar-refractivity contribution in [3.8, 4) is 5.75 Å². The van der Waals surface area contributed by atoms with E-state index in [0.29, 0.717) is 10.5 Å². The largest absolute Gasteiger partial charge is 0.508 e. The maximum Gasteiger partial charge on any atom is 0.179 e. The topological polar surface area (TPSA) is 66.4 Å². The van der Waals surface area contributed by atoms with E-state index in [1.807, 2.05) is 7.05 Å². The van der Waals surface area contributed by atoms with Gasteiger partial charge in [0, 0.05) is 11.5 Å². The average Bonchev–Trinajstić information content (AvgIpc) is 2.53. The van der Waals surface area contributed by atoms with Crippen molar-refractivity contribution in [2.24, 2.45) is 0 Å². The van der Waals surface area contributed by atoms with E-state index >= 15 is 0 Å². The highest BCUT2D eigenvalue weighted by Crippen LogP contribution is 2.42. The lowest BCUT2D eigenvalue weighted by Gasteiger charge is -2.10. The molecule has 5 heteroatoms. The SMILES string of the molecule is CNCCCC1CS(=O)(=O)c2cccc(O)c21. The third-order valence-electron chi connectivity index (χ3n) is 3.19. The molecule has 0 aromatic heterocycles. The number of aromatic hydroxyl groups is 1. The van der Waals surface area contributed by atoms with Crippen molar-refractivity contribution < 1.29 is 13.5 Å². The van der Waals surface area contributed by atoms with E-state index in [-0.39, 0.29) is 17.4 Å². The van der Waals surface area contributed by atoms with Crippen LogP contribution in [0.3, 0.4) is 0 Å². The smallest absolute Gasteiger partial charge is 0.179 e. The van der Waals surface area contributed by atoms with Crippen LogP contribution >= 0.6 is 0 Å². The standard InChI is InChI=1S/C12H17NO3S/c1-13-7-3-4-9-8-17(15,16)11-6-2-5-10(14)12(9)11/h2,5-6,9,13-14H,3-4,7-8H2,1H3. The minimum Gasteiger partial charge on any atom is -0.508 e. The summed E-state index contributed by atoms with van der Waals surface area (Å²) in [6, 6.07) is 4.73. The molecule has 17 heavy (non-hydrogen) atoms. The molecule has 1 atom stereocenters. The minimum absolute atomic E-state index is 0.0652. The molecule has 0 aliphatic carbocycles. The van der Waals surface area contributed by atoms with Crippen LogP contribution in [-0.2, 0) is 9.84 Å². The Bertz CT molecular complexity index is 510. The van der Waals surface area contributed by atoms with Gasteiger partial charge in [0.1, 0.15) is 5.75 Å². The Kier molecular flexibility index (Phi) is 3.40. The van der Waals surface area contributed by atoms with Crippen molar-refractivity contribution in [1.82, 2.24) is 5.32 Å². The van der Waals surface area contributed by atoms with Crippen LogP contribution in [0.2, 0.25) is 0 Å². The molecule has 0 saturated carbocycles. The lowest BCUT2D eigenvalue weighted by atomic mass is 9.95. The van der Waals surface area contributed by atoms with Crippen LogP contribution in [0.4, 0.5) is 0 Å². The predicted molar refractivity (Wildman–Crippen MR) is 66.1 cm³/mol. The van der Waals surface area contributed by atoms with Crippen molar-refractivity contribution in [2.45, 2.75) is 23.7 Å². The van der Waals surface area contributed by atoms with Crippen LogP contribution in [0.25, 0.3) is 0 Å². The Hall–Kier alpha value is -1.07. The van der Waals surface area contributed by atoms with Crippen LogP contribution in [0.1, 0.15) is 24.3 Å². The normalized spacial score (nSPS) is 21.4. The lowest BCUT2D eigenvalue weighted by Crippen LogP contribution is -2.10. The lowest BCUT2D eigenvalue weighted by molar-refractivity contribution is 0.458. The number of hydrogen-bond donors (Lipinski definition) is 2. The molecule has 2 N–H and O–H groups in total. The Labute approximate surface area is 102 Å². The highest BCUT2D eigenvalue weighted by Gasteiger charge is 2.36. The van der Waals surface area contributed by atoms with Crippen LogP contribution in [-0.4, -0.2) is 32.9 Å². The number of hydrogen-bond acceptors (Lipinski definition) is 4. The quantitative estimate of drug-likeness (QED) is 0.795. The van der Waals surface area contributed by atoms with Crippen molar-refractivity contribution in [1.29, 1.82) is 0 Å². The molecule has 94 valence electrons. The zero-order valence-corrected chi connectivity index (χ0v) is 10.6. The van der Waals surface area contributed by atoms with Gasteiger partial charge < -0.3 is 10.4 Å². The summed E-state index contributed by atoms with van der Waals surface area (Å²) < 4.78 is 23.8. The van der Waals surface area contributed by atoms with E-state index in [0.717, 1.165) is 19.4 Å². The van der Waals surface area contributed by atoms with E-state index in [2.05, 4.69) is 5.32 Å². The second-order valence-electron chi connectivity index (χ2n) is 4.41. The fourth-order valence-corrected chi connectivity index (χ4v) is 4.34. The predicted octanol–water partition coefficient (Wildman–Crippen LogP) is 1.26. The van der Waals surface area contributed by atoms with Crippen molar-refractivity contribution in [3.05, 3.63) is 23.8 Å². The number of sulfone groups is 1. The van der Waals surface area contributed by atoms with Crippen LogP contribution in [0.5, 0.6) is 5.75 Å². The highest BCUT2D eigenvalue weighted by atomic mass is 32.2. The summed E-state index contributed by atoms with van der Waals surface area (Å²) in [4.78, 5) is 0.312. The molecule has 0 spiro atoms. The van der Waals surface area contributed by atoms with Gasteiger partial charge in [-0.1, -0.05) is 6.07 Å². The van der Waals surface area contributed by atoms with Gasteiger partial charge in [0.25, 0.3) is 0 Å². The average molecular weight is 255 g/mol. The van der Waals surface area contributed by atoms with Crippen molar-refractivity contribution in [3.63, 3.8) is 0 Å². The summed E-state index contributed by atoms with van der Waals surface area (Å²) in [5.74, 6) is 0.173. The fourth-order valence-electron chi connectivity index (χ4n) is 2.40. The van der Waals surface area contributed by atoms with Gasteiger partial charge in [0.2, 0.25) is 0 Å². The number of nitrogens with one attached hydrogen (secondary N) is 1. The molecule has 0 amide bonds. The second kappa shape index (κ2) is 4.66. The van der Waals surface area contributed by atoms with Gasteiger partial charge in [-0.3, -0.25) is 0 Å². The van der Waals surface area contributed by atoms with Crippen molar-refractivity contribution in [2.75, 3.05) is 19.3 Å². The van der Waals surface area contributed by atoms with Gasteiger partial charge in [-0.15, -0.1) is 0 Å². The maximum atomic E-state index is 11.9. The monoisotopic (exact) mass is 255 g/mol. The molecule has 1 aromatic rings. The molecule has 1 aromatic carbocycles. The van der Waals surface area contributed by atoms with Crippen molar-refractivity contribution >= 4 is 9.84 Å². The number of phenolic OH excluding ortho intramolecular Hbond substituents is 1. The fraction of sp³-hybridized carbons (Fsp3) is 0.500. The first kappa shape index (κ1) is 12.4. The Balaban J connectivity index is 2.30. The first-order chi connectivity index (χ1) is 8.06.